The standard InChI is InChI=1S/C22H28N4/c1-6-16(7-2)17-10-8-9-11-18(17)26-13-25(5)19-12-23-21(24-22(19)26)20-14(3)15(20)4/h8-12,14,16H,6-7,13H2,1-5H3/t14-/m1/s1. The van der Waals surface area contributed by atoms with E-state index in [4.69, 9.17) is 4.98 Å². The van der Waals surface area contributed by atoms with Gasteiger partial charge in [-0.1, -0.05) is 44.5 Å². The van der Waals surface area contributed by atoms with Gasteiger partial charge >= 0.3 is 0 Å². The lowest BCUT2D eigenvalue weighted by Gasteiger charge is -2.25. The first-order valence-corrected chi connectivity index (χ1v) is 9.72. The van der Waals surface area contributed by atoms with Crippen molar-refractivity contribution >= 4 is 22.8 Å². The predicted octanol–water partition coefficient (Wildman–Crippen LogP) is 5.35. The van der Waals surface area contributed by atoms with Crippen LogP contribution in [-0.2, 0) is 0 Å². The van der Waals surface area contributed by atoms with Gasteiger partial charge in [-0.3, -0.25) is 0 Å². The summed E-state index contributed by atoms with van der Waals surface area (Å²) in [5.74, 6) is 3.04. The zero-order valence-corrected chi connectivity index (χ0v) is 16.5. The molecule has 0 unspecified atom stereocenters. The highest BCUT2D eigenvalue weighted by Crippen LogP contribution is 2.47. The largest absolute Gasteiger partial charge is 0.352 e. The summed E-state index contributed by atoms with van der Waals surface area (Å²) in [5.41, 5.74) is 6.55. The zero-order valence-electron chi connectivity index (χ0n) is 16.5. The van der Waals surface area contributed by atoms with Gasteiger partial charge < -0.3 is 9.80 Å². The molecule has 4 heteroatoms. The number of allylic oxidation sites excluding steroid dienone is 2. The molecule has 26 heavy (non-hydrogen) atoms. The summed E-state index contributed by atoms with van der Waals surface area (Å²) in [4.78, 5) is 14.2. The molecule has 0 bridgehead atoms. The highest BCUT2D eigenvalue weighted by molar-refractivity contribution is 5.85. The summed E-state index contributed by atoms with van der Waals surface area (Å²) >= 11 is 0. The molecular formula is C22H28N4. The van der Waals surface area contributed by atoms with E-state index in [9.17, 15) is 0 Å². The van der Waals surface area contributed by atoms with Crippen LogP contribution in [0.5, 0.6) is 0 Å². The van der Waals surface area contributed by atoms with Crippen LogP contribution in [-0.4, -0.2) is 23.7 Å². The Labute approximate surface area is 156 Å². The van der Waals surface area contributed by atoms with E-state index in [1.807, 2.05) is 6.20 Å². The molecule has 1 aliphatic heterocycles. The summed E-state index contributed by atoms with van der Waals surface area (Å²) in [6.45, 7) is 9.78. The van der Waals surface area contributed by atoms with Crippen LogP contribution < -0.4 is 9.80 Å². The van der Waals surface area contributed by atoms with E-state index in [1.54, 1.807) is 0 Å². The van der Waals surface area contributed by atoms with Crippen molar-refractivity contribution in [1.82, 2.24) is 9.97 Å². The van der Waals surface area contributed by atoms with E-state index in [0.717, 1.165) is 36.8 Å². The minimum absolute atomic E-state index is 0.525. The third kappa shape index (κ3) is 2.59. The van der Waals surface area contributed by atoms with Crippen molar-refractivity contribution in [2.75, 3.05) is 23.5 Å². The zero-order chi connectivity index (χ0) is 18.4. The van der Waals surface area contributed by atoms with Gasteiger partial charge in [0.1, 0.15) is 5.69 Å². The van der Waals surface area contributed by atoms with Crippen LogP contribution in [0.15, 0.2) is 36.0 Å². The molecule has 0 amide bonds. The van der Waals surface area contributed by atoms with Gasteiger partial charge in [-0.15, -0.1) is 0 Å². The third-order valence-electron chi connectivity index (χ3n) is 6.09. The Kier molecular flexibility index (Phi) is 4.22. The molecule has 2 aliphatic rings. The Morgan fingerprint density at radius 1 is 1.15 bits per heavy atom. The molecule has 4 rings (SSSR count). The van der Waals surface area contributed by atoms with Gasteiger partial charge in [0.25, 0.3) is 0 Å². The number of hydrogen-bond acceptors (Lipinski definition) is 4. The number of anilines is 3. The highest BCUT2D eigenvalue weighted by Gasteiger charge is 2.35. The van der Waals surface area contributed by atoms with E-state index < -0.39 is 0 Å². The number of benzene rings is 1. The van der Waals surface area contributed by atoms with Crippen LogP contribution in [0.2, 0.25) is 0 Å². The summed E-state index contributed by atoms with van der Waals surface area (Å²) in [6.07, 6.45) is 4.30. The highest BCUT2D eigenvalue weighted by atomic mass is 15.4. The Morgan fingerprint density at radius 2 is 1.85 bits per heavy atom. The minimum atomic E-state index is 0.525. The molecule has 0 spiro atoms. The average molecular weight is 348 g/mol. The van der Waals surface area contributed by atoms with E-state index in [2.05, 4.69) is 73.8 Å². The summed E-state index contributed by atoms with van der Waals surface area (Å²) in [6, 6.07) is 8.81. The quantitative estimate of drug-likeness (QED) is 0.729. The second-order valence-electron chi connectivity index (χ2n) is 7.56. The molecule has 0 N–H and O–H groups in total. The third-order valence-corrected chi connectivity index (χ3v) is 6.09. The van der Waals surface area contributed by atoms with E-state index in [1.165, 1.54) is 22.4 Å². The molecule has 2 heterocycles. The smallest absolute Gasteiger partial charge is 0.162 e. The Bertz CT molecular complexity index is 866. The van der Waals surface area contributed by atoms with Crippen LogP contribution >= 0.6 is 0 Å². The van der Waals surface area contributed by atoms with Crippen molar-refractivity contribution in [3.05, 3.63) is 47.4 Å². The second-order valence-corrected chi connectivity index (χ2v) is 7.56. The number of rotatable bonds is 5. The Hall–Kier alpha value is -2.36. The lowest BCUT2D eigenvalue weighted by atomic mass is 9.92. The number of aromatic nitrogens is 2. The monoisotopic (exact) mass is 348 g/mol. The number of nitrogens with zero attached hydrogens (tertiary/aromatic N) is 4. The molecule has 4 nitrogen and oxygen atoms in total. The van der Waals surface area contributed by atoms with Crippen LogP contribution in [0.3, 0.4) is 0 Å². The fourth-order valence-electron chi connectivity index (χ4n) is 4.17. The van der Waals surface area contributed by atoms with E-state index in [-0.39, 0.29) is 0 Å². The minimum Gasteiger partial charge on any atom is -0.352 e. The van der Waals surface area contributed by atoms with Gasteiger partial charge in [0.2, 0.25) is 0 Å². The van der Waals surface area contributed by atoms with Crippen LogP contribution in [0.4, 0.5) is 17.2 Å². The van der Waals surface area contributed by atoms with Crippen LogP contribution in [0, 0.1) is 5.92 Å². The molecule has 0 radical (unpaired) electrons. The van der Waals surface area contributed by atoms with Crippen molar-refractivity contribution in [1.29, 1.82) is 0 Å². The molecule has 1 atom stereocenters. The second kappa shape index (κ2) is 6.42. The van der Waals surface area contributed by atoms with Crippen molar-refractivity contribution in [3.8, 4) is 0 Å². The van der Waals surface area contributed by atoms with Gasteiger partial charge in [0.15, 0.2) is 11.6 Å². The van der Waals surface area contributed by atoms with Crippen molar-refractivity contribution < 1.29 is 0 Å². The van der Waals surface area contributed by atoms with Crippen LogP contribution in [0.25, 0.3) is 5.57 Å². The molecule has 136 valence electrons. The summed E-state index contributed by atoms with van der Waals surface area (Å²) in [7, 11) is 2.12. The first kappa shape index (κ1) is 17.1. The number of para-hydroxylation sites is 1. The van der Waals surface area contributed by atoms with Gasteiger partial charge in [-0.2, -0.15) is 0 Å². The predicted molar refractivity (Wildman–Crippen MR) is 109 cm³/mol. The summed E-state index contributed by atoms with van der Waals surface area (Å²) in [5, 5.41) is 0. The maximum absolute atomic E-state index is 4.99. The summed E-state index contributed by atoms with van der Waals surface area (Å²) < 4.78 is 0. The fourth-order valence-corrected chi connectivity index (χ4v) is 4.17. The van der Waals surface area contributed by atoms with E-state index >= 15 is 0 Å². The Morgan fingerprint density at radius 3 is 2.50 bits per heavy atom. The van der Waals surface area contributed by atoms with Gasteiger partial charge in [0, 0.05) is 24.2 Å². The average Bonchev–Trinajstić information content (AvgIpc) is 3.12. The maximum Gasteiger partial charge on any atom is 0.162 e. The maximum atomic E-state index is 4.99. The number of hydrogen-bond donors (Lipinski definition) is 0. The first-order chi connectivity index (χ1) is 12.6. The molecule has 1 aromatic carbocycles. The molecule has 1 aliphatic carbocycles. The van der Waals surface area contributed by atoms with Gasteiger partial charge in [-0.25, -0.2) is 9.97 Å². The van der Waals surface area contributed by atoms with Gasteiger partial charge in [0.05, 0.1) is 12.9 Å². The van der Waals surface area contributed by atoms with Crippen molar-refractivity contribution in [2.24, 2.45) is 5.92 Å². The van der Waals surface area contributed by atoms with Crippen LogP contribution in [0.1, 0.15) is 57.8 Å². The molecule has 1 aromatic heterocycles. The Balaban J connectivity index is 1.79. The number of fused-ring (bicyclic) bond motifs is 1. The van der Waals surface area contributed by atoms with E-state index in [0.29, 0.717) is 11.8 Å². The first-order valence-electron chi connectivity index (χ1n) is 9.72. The topological polar surface area (TPSA) is 32.3 Å². The van der Waals surface area contributed by atoms with Crippen molar-refractivity contribution in [3.63, 3.8) is 0 Å². The molecule has 0 fully saturated rings. The molecule has 0 saturated carbocycles. The normalized spacial score (nSPS) is 18.8. The lowest BCUT2D eigenvalue weighted by molar-refractivity contribution is 0.641. The van der Waals surface area contributed by atoms with Gasteiger partial charge in [-0.05, 0) is 37.3 Å². The van der Waals surface area contributed by atoms with Crippen molar-refractivity contribution in [2.45, 2.75) is 46.5 Å². The lowest BCUT2D eigenvalue weighted by Crippen LogP contribution is -2.25. The molecule has 0 saturated heterocycles. The molecular weight excluding hydrogens is 320 g/mol. The fraction of sp³-hybridized carbons (Fsp3) is 0.455. The SMILES string of the molecule is CCC(CC)c1ccccc1N1CN(C)c2cnc(C3=C(C)[C@H]3C)nc21. The molecule has 2 aromatic rings.